The van der Waals surface area contributed by atoms with Crippen molar-refractivity contribution in [2.45, 2.75) is 39.2 Å². The van der Waals surface area contributed by atoms with Gasteiger partial charge in [-0.25, -0.2) is 0 Å². The maximum atomic E-state index is 12.6. The van der Waals surface area contributed by atoms with E-state index >= 15 is 0 Å². The van der Waals surface area contributed by atoms with Crippen LogP contribution in [0.2, 0.25) is 0 Å². The Morgan fingerprint density at radius 1 is 1.41 bits per heavy atom. The standard InChI is InChI=1S/C17H19N3O2/c1-10(12-5-4-8-18-9-12)20-17(22)15-11(2)19-13-6-3-7-14(21)16(13)15/h4-5,8-10,19H,3,6-7H2,1-2H3,(H,20,22). The van der Waals surface area contributed by atoms with Gasteiger partial charge in [0.25, 0.3) is 5.91 Å². The van der Waals surface area contributed by atoms with E-state index in [-0.39, 0.29) is 17.7 Å². The summed E-state index contributed by atoms with van der Waals surface area (Å²) in [6, 6.07) is 3.60. The van der Waals surface area contributed by atoms with Crippen LogP contribution >= 0.6 is 0 Å². The van der Waals surface area contributed by atoms with E-state index in [0.717, 1.165) is 29.8 Å². The van der Waals surface area contributed by atoms with Crippen molar-refractivity contribution in [2.75, 3.05) is 0 Å². The number of fused-ring (bicyclic) bond motifs is 1. The molecule has 1 atom stereocenters. The number of aromatic amines is 1. The fourth-order valence-corrected chi connectivity index (χ4v) is 3.00. The van der Waals surface area contributed by atoms with Crippen molar-refractivity contribution in [3.05, 3.63) is 52.6 Å². The summed E-state index contributed by atoms with van der Waals surface area (Å²) in [5, 5.41) is 2.96. The van der Waals surface area contributed by atoms with E-state index in [4.69, 9.17) is 0 Å². The Kier molecular flexibility index (Phi) is 3.79. The summed E-state index contributed by atoms with van der Waals surface area (Å²) >= 11 is 0. The summed E-state index contributed by atoms with van der Waals surface area (Å²) in [5.41, 5.74) is 3.67. The topological polar surface area (TPSA) is 74.8 Å². The molecule has 0 spiro atoms. The summed E-state index contributed by atoms with van der Waals surface area (Å²) in [6.07, 6.45) is 5.62. The molecular weight excluding hydrogens is 278 g/mol. The molecule has 0 saturated carbocycles. The van der Waals surface area contributed by atoms with Gasteiger partial charge >= 0.3 is 0 Å². The Bertz CT molecular complexity index is 719. The van der Waals surface area contributed by atoms with Crippen LogP contribution in [0.1, 0.15) is 63.5 Å². The largest absolute Gasteiger partial charge is 0.361 e. The van der Waals surface area contributed by atoms with Gasteiger partial charge < -0.3 is 10.3 Å². The average molecular weight is 297 g/mol. The molecule has 2 aromatic heterocycles. The van der Waals surface area contributed by atoms with Gasteiger partial charge in [0.2, 0.25) is 0 Å². The molecule has 1 aliphatic rings. The van der Waals surface area contributed by atoms with Crippen molar-refractivity contribution in [2.24, 2.45) is 0 Å². The number of amides is 1. The van der Waals surface area contributed by atoms with Gasteiger partial charge in [-0.15, -0.1) is 0 Å². The number of aryl methyl sites for hydroxylation is 2. The number of nitrogens with zero attached hydrogens (tertiary/aromatic N) is 1. The maximum Gasteiger partial charge on any atom is 0.254 e. The number of hydrogen-bond donors (Lipinski definition) is 2. The molecule has 0 aliphatic heterocycles. The average Bonchev–Trinajstić information content (AvgIpc) is 2.85. The second-order valence-electron chi connectivity index (χ2n) is 5.74. The summed E-state index contributed by atoms with van der Waals surface area (Å²) in [7, 11) is 0. The smallest absolute Gasteiger partial charge is 0.254 e. The number of rotatable bonds is 3. The first-order valence-corrected chi connectivity index (χ1v) is 7.53. The summed E-state index contributed by atoms with van der Waals surface area (Å²) < 4.78 is 0. The Morgan fingerprint density at radius 2 is 2.23 bits per heavy atom. The van der Waals surface area contributed by atoms with Gasteiger partial charge in [-0.3, -0.25) is 14.6 Å². The Balaban J connectivity index is 1.87. The number of Topliss-reactive ketones (excluding diaryl/α,β-unsaturated/α-hetero) is 1. The lowest BCUT2D eigenvalue weighted by Gasteiger charge is -2.16. The van der Waals surface area contributed by atoms with Crippen molar-refractivity contribution in [1.29, 1.82) is 0 Å². The van der Waals surface area contributed by atoms with Crippen molar-refractivity contribution in [3.8, 4) is 0 Å². The Labute approximate surface area is 129 Å². The molecular formula is C17H19N3O2. The van der Waals surface area contributed by atoms with Gasteiger partial charge in [-0.05, 0) is 38.3 Å². The van der Waals surface area contributed by atoms with E-state index < -0.39 is 0 Å². The van der Waals surface area contributed by atoms with Crippen LogP contribution in [-0.2, 0) is 6.42 Å². The van der Waals surface area contributed by atoms with Crippen LogP contribution in [0.4, 0.5) is 0 Å². The highest BCUT2D eigenvalue weighted by molar-refractivity contribution is 6.10. The molecule has 22 heavy (non-hydrogen) atoms. The minimum absolute atomic E-state index is 0.0600. The highest BCUT2D eigenvalue weighted by atomic mass is 16.2. The molecule has 1 unspecified atom stereocenters. The first kappa shape index (κ1) is 14.5. The number of carbonyl (C=O) groups excluding carboxylic acids is 2. The number of hydrogen-bond acceptors (Lipinski definition) is 3. The van der Waals surface area contributed by atoms with Crippen molar-refractivity contribution in [1.82, 2.24) is 15.3 Å². The number of H-pyrrole nitrogens is 1. The molecule has 2 N–H and O–H groups in total. The molecule has 3 rings (SSSR count). The number of nitrogens with one attached hydrogen (secondary N) is 2. The van der Waals surface area contributed by atoms with Gasteiger partial charge in [0.15, 0.2) is 5.78 Å². The molecule has 5 nitrogen and oxygen atoms in total. The number of pyridine rings is 1. The molecule has 114 valence electrons. The van der Waals surface area contributed by atoms with E-state index in [1.807, 2.05) is 26.0 Å². The lowest BCUT2D eigenvalue weighted by Crippen LogP contribution is -2.28. The van der Waals surface area contributed by atoms with E-state index in [1.54, 1.807) is 12.4 Å². The van der Waals surface area contributed by atoms with Crippen LogP contribution in [0.3, 0.4) is 0 Å². The maximum absolute atomic E-state index is 12.6. The van der Waals surface area contributed by atoms with Gasteiger partial charge in [0.05, 0.1) is 17.2 Å². The predicted molar refractivity (Wildman–Crippen MR) is 82.9 cm³/mol. The second-order valence-corrected chi connectivity index (χ2v) is 5.74. The fourth-order valence-electron chi connectivity index (χ4n) is 3.00. The SMILES string of the molecule is Cc1[nH]c2c(c1C(=O)NC(C)c1cccnc1)C(=O)CCC2. The molecule has 5 heteroatoms. The molecule has 0 bridgehead atoms. The Hall–Kier alpha value is -2.43. The molecule has 0 radical (unpaired) electrons. The zero-order chi connectivity index (χ0) is 15.7. The third kappa shape index (κ3) is 2.54. The van der Waals surface area contributed by atoms with Crippen molar-refractivity contribution >= 4 is 11.7 Å². The van der Waals surface area contributed by atoms with Crippen LogP contribution in [0.15, 0.2) is 24.5 Å². The monoisotopic (exact) mass is 297 g/mol. The molecule has 2 heterocycles. The predicted octanol–water partition coefficient (Wildman–Crippen LogP) is 2.73. The van der Waals surface area contributed by atoms with Crippen LogP contribution in [0, 0.1) is 6.92 Å². The molecule has 0 aromatic carbocycles. The highest BCUT2D eigenvalue weighted by Crippen LogP contribution is 2.27. The third-order valence-corrected chi connectivity index (χ3v) is 4.13. The van der Waals surface area contributed by atoms with E-state index in [9.17, 15) is 9.59 Å². The van der Waals surface area contributed by atoms with E-state index in [0.29, 0.717) is 17.5 Å². The van der Waals surface area contributed by atoms with Crippen LogP contribution < -0.4 is 5.32 Å². The van der Waals surface area contributed by atoms with Gasteiger partial charge in [-0.2, -0.15) is 0 Å². The highest BCUT2D eigenvalue weighted by Gasteiger charge is 2.28. The quantitative estimate of drug-likeness (QED) is 0.914. The zero-order valence-corrected chi connectivity index (χ0v) is 12.8. The van der Waals surface area contributed by atoms with Crippen LogP contribution in [-0.4, -0.2) is 21.7 Å². The van der Waals surface area contributed by atoms with E-state index in [1.165, 1.54) is 0 Å². The minimum atomic E-state index is -0.207. The molecule has 1 amide bonds. The van der Waals surface area contributed by atoms with Crippen molar-refractivity contribution in [3.63, 3.8) is 0 Å². The molecule has 1 aliphatic carbocycles. The minimum Gasteiger partial charge on any atom is -0.361 e. The third-order valence-electron chi connectivity index (χ3n) is 4.13. The number of carbonyl (C=O) groups is 2. The van der Waals surface area contributed by atoms with Crippen LogP contribution in [0.5, 0.6) is 0 Å². The molecule has 0 fully saturated rings. The van der Waals surface area contributed by atoms with E-state index in [2.05, 4.69) is 15.3 Å². The zero-order valence-electron chi connectivity index (χ0n) is 12.8. The second kappa shape index (κ2) is 5.75. The van der Waals surface area contributed by atoms with Crippen molar-refractivity contribution < 1.29 is 9.59 Å². The van der Waals surface area contributed by atoms with Gasteiger partial charge in [-0.1, -0.05) is 6.07 Å². The molecule has 2 aromatic rings. The molecule has 0 saturated heterocycles. The van der Waals surface area contributed by atoms with Gasteiger partial charge in [0, 0.05) is 30.2 Å². The lowest BCUT2D eigenvalue weighted by atomic mass is 9.93. The number of ketones is 1. The lowest BCUT2D eigenvalue weighted by molar-refractivity contribution is 0.0918. The van der Waals surface area contributed by atoms with Gasteiger partial charge in [0.1, 0.15) is 0 Å². The summed E-state index contributed by atoms with van der Waals surface area (Å²) in [4.78, 5) is 32.1. The first-order chi connectivity index (χ1) is 10.6. The summed E-state index contributed by atoms with van der Waals surface area (Å²) in [6.45, 7) is 3.75. The summed E-state index contributed by atoms with van der Waals surface area (Å²) in [5.74, 6) is -0.147. The first-order valence-electron chi connectivity index (χ1n) is 7.53. The van der Waals surface area contributed by atoms with Crippen LogP contribution in [0.25, 0.3) is 0 Å². The fraction of sp³-hybridized carbons (Fsp3) is 0.353. The Morgan fingerprint density at radius 3 is 2.95 bits per heavy atom. The number of aromatic nitrogens is 2. The normalized spacial score (nSPS) is 15.3.